The maximum atomic E-state index is 12.6. The molecule has 0 radical (unpaired) electrons. The van der Waals surface area contributed by atoms with Gasteiger partial charge in [-0.15, -0.1) is 0 Å². The second kappa shape index (κ2) is 9.05. The number of H-pyrrole nitrogens is 1. The van der Waals surface area contributed by atoms with Gasteiger partial charge in [0.05, 0.1) is 31.9 Å². The van der Waals surface area contributed by atoms with Crippen molar-refractivity contribution in [2.75, 3.05) is 39.5 Å². The number of carbonyl (C=O) groups excluding carboxylic acids is 2. The third-order valence-corrected chi connectivity index (χ3v) is 5.92. The highest BCUT2D eigenvalue weighted by molar-refractivity contribution is 5.81. The number of amides is 2. The van der Waals surface area contributed by atoms with Gasteiger partial charge in [-0.3, -0.25) is 9.59 Å². The maximum absolute atomic E-state index is 12.6. The van der Waals surface area contributed by atoms with Crippen molar-refractivity contribution in [3.05, 3.63) is 17.2 Å². The van der Waals surface area contributed by atoms with Crippen molar-refractivity contribution >= 4 is 11.8 Å². The highest BCUT2D eigenvalue weighted by atomic mass is 16.6. The molecular formula is C20H30N4O4. The third-order valence-electron chi connectivity index (χ3n) is 5.92. The number of aromatic nitrogens is 2. The highest BCUT2D eigenvalue weighted by Gasteiger charge is 2.28. The van der Waals surface area contributed by atoms with Gasteiger partial charge in [0.25, 0.3) is 5.91 Å². The standard InChI is InChI=1S/C20H30N4O4/c25-19(11-18-22-15-3-1-2-4-16(15)23-18)24-8-6-14(12-24)5-7-21-20(26)17-13-27-9-10-28-17/h14,17H,1-13H2,(H,21,26)(H,22,23)/t14-,17?/m0/s1. The molecule has 2 amide bonds. The second-order valence-corrected chi connectivity index (χ2v) is 8.00. The van der Waals surface area contributed by atoms with Crippen LogP contribution in [-0.4, -0.2) is 72.2 Å². The van der Waals surface area contributed by atoms with E-state index in [9.17, 15) is 9.59 Å². The van der Waals surface area contributed by atoms with Crippen molar-refractivity contribution in [2.24, 2.45) is 5.92 Å². The minimum Gasteiger partial charge on any atom is -0.376 e. The van der Waals surface area contributed by atoms with Crippen LogP contribution in [0.3, 0.4) is 0 Å². The zero-order valence-corrected chi connectivity index (χ0v) is 16.4. The van der Waals surface area contributed by atoms with Crippen LogP contribution in [0.25, 0.3) is 0 Å². The van der Waals surface area contributed by atoms with Crippen LogP contribution in [0.5, 0.6) is 0 Å². The van der Waals surface area contributed by atoms with E-state index in [1.54, 1.807) is 0 Å². The summed E-state index contributed by atoms with van der Waals surface area (Å²) in [5.41, 5.74) is 2.37. The fraction of sp³-hybridized carbons (Fsp3) is 0.750. The minimum atomic E-state index is -0.491. The van der Waals surface area contributed by atoms with Gasteiger partial charge in [0, 0.05) is 25.3 Å². The molecule has 2 aliphatic heterocycles. The molecule has 0 aromatic carbocycles. The van der Waals surface area contributed by atoms with E-state index in [1.807, 2.05) is 4.90 Å². The van der Waals surface area contributed by atoms with E-state index in [4.69, 9.17) is 9.47 Å². The summed E-state index contributed by atoms with van der Waals surface area (Å²) in [6, 6.07) is 0. The summed E-state index contributed by atoms with van der Waals surface area (Å²) in [7, 11) is 0. The summed E-state index contributed by atoms with van der Waals surface area (Å²) >= 11 is 0. The number of rotatable bonds is 6. The number of imidazole rings is 1. The predicted molar refractivity (Wildman–Crippen MR) is 102 cm³/mol. The summed E-state index contributed by atoms with van der Waals surface area (Å²) in [4.78, 5) is 34.6. The third kappa shape index (κ3) is 4.72. The van der Waals surface area contributed by atoms with Crippen LogP contribution < -0.4 is 5.32 Å². The summed E-state index contributed by atoms with van der Waals surface area (Å²) in [5, 5.41) is 2.93. The summed E-state index contributed by atoms with van der Waals surface area (Å²) in [6.07, 6.45) is 6.19. The second-order valence-electron chi connectivity index (χ2n) is 8.00. The molecule has 8 nitrogen and oxygen atoms in total. The average molecular weight is 390 g/mol. The van der Waals surface area contributed by atoms with Crippen LogP contribution >= 0.6 is 0 Å². The molecule has 1 aromatic rings. The lowest BCUT2D eigenvalue weighted by molar-refractivity contribution is -0.147. The molecule has 2 fully saturated rings. The Labute approximate surface area is 165 Å². The summed E-state index contributed by atoms with van der Waals surface area (Å²) in [6.45, 7) is 3.51. The van der Waals surface area contributed by atoms with Gasteiger partial charge < -0.3 is 24.7 Å². The van der Waals surface area contributed by atoms with Gasteiger partial charge in [-0.25, -0.2) is 4.98 Å². The van der Waals surface area contributed by atoms with Crippen LogP contribution in [0.4, 0.5) is 0 Å². The van der Waals surface area contributed by atoms with Gasteiger partial charge in [0.1, 0.15) is 5.82 Å². The number of hydrogen-bond acceptors (Lipinski definition) is 5. The number of hydrogen-bond donors (Lipinski definition) is 2. The maximum Gasteiger partial charge on any atom is 0.251 e. The lowest BCUT2D eigenvalue weighted by atomic mass is 10.0. The Morgan fingerprint density at radius 3 is 2.96 bits per heavy atom. The molecule has 28 heavy (non-hydrogen) atoms. The van der Waals surface area contributed by atoms with Gasteiger partial charge in [-0.1, -0.05) is 0 Å². The van der Waals surface area contributed by atoms with Crippen molar-refractivity contribution in [3.8, 4) is 0 Å². The number of nitrogens with zero attached hydrogens (tertiary/aromatic N) is 2. The number of ether oxygens (including phenoxy) is 2. The van der Waals surface area contributed by atoms with E-state index in [0.717, 1.165) is 50.3 Å². The van der Waals surface area contributed by atoms with Crippen molar-refractivity contribution in [1.29, 1.82) is 0 Å². The fourth-order valence-electron chi connectivity index (χ4n) is 4.30. The number of aryl methyl sites for hydroxylation is 2. The molecule has 4 rings (SSSR count). The highest BCUT2D eigenvalue weighted by Crippen LogP contribution is 2.22. The Morgan fingerprint density at radius 1 is 1.25 bits per heavy atom. The lowest BCUT2D eigenvalue weighted by Gasteiger charge is -2.22. The predicted octanol–water partition coefficient (Wildman–Crippen LogP) is 0.601. The fourth-order valence-corrected chi connectivity index (χ4v) is 4.30. The molecule has 1 aromatic heterocycles. The number of carbonyl (C=O) groups is 2. The average Bonchev–Trinajstić information content (AvgIpc) is 3.35. The van der Waals surface area contributed by atoms with Gasteiger partial charge in [0.2, 0.25) is 5.91 Å². The van der Waals surface area contributed by atoms with Crippen LogP contribution in [0.1, 0.15) is 42.9 Å². The molecule has 2 N–H and O–H groups in total. The van der Waals surface area contributed by atoms with Gasteiger partial charge in [0.15, 0.2) is 6.10 Å². The van der Waals surface area contributed by atoms with Crippen molar-refractivity contribution in [3.63, 3.8) is 0 Å². The van der Waals surface area contributed by atoms with E-state index < -0.39 is 6.10 Å². The summed E-state index contributed by atoms with van der Waals surface area (Å²) < 4.78 is 10.7. The molecule has 1 unspecified atom stereocenters. The largest absolute Gasteiger partial charge is 0.376 e. The Morgan fingerprint density at radius 2 is 2.14 bits per heavy atom. The van der Waals surface area contributed by atoms with Gasteiger partial charge in [-0.05, 0) is 44.4 Å². The van der Waals surface area contributed by atoms with E-state index in [1.165, 1.54) is 18.5 Å². The van der Waals surface area contributed by atoms with E-state index in [0.29, 0.717) is 38.7 Å². The molecule has 154 valence electrons. The number of nitrogens with one attached hydrogen (secondary N) is 2. The van der Waals surface area contributed by atoms with Crippen molar-refractivity contribution in [2.45, 2.75) is 51.0 Å². The monoisotopic (exact) mass is 390 g/mol. The first-order valence-corrected chi connectivity index (χ1v) is 10.5. The lowest BCUT2D eigenvalue weighted by Crippen LogP contribution is -2.43. The zero-order chi connectivity index (χ0) is 19.3. The number of fused-ring (bicyclic) bond motifs is 1. The first-order chi connectivity index (χ1) is 13.7. The normalized spacial score (nSPS) is 24.8. The molecule has 3 aliphatic rings. The molecule has 2 atom stereocenters. The molecule has 0 saturated carbocycles. The first kappa shape index (κ1) is 19.4. The Bertz CT molecular complexity index is 675. The molecule has 2 saturated heterocycles. The molecule has 1 aliphatic carbocycles. The molecule has 0 spiro atoms. The van der Waals surface area contributed by atoms with Gasteiger partial charge in [-0.2, -0.15) is 0 Å². The Balaban J connectivity index is 1.18. The Hall–Kier alpha value is -1.93. The first-order valence-electron chi connectivity index (χ1n) is 10.5. The van der Waals surface area contributed by atoms with Crippen molar-refractivity contribution < 1.29 is 19.1 Å². The van der Waals surface area contributed by atoms with Crippen LogP contribution in [-0.2, 0) is 38.3 Å². The SMILES string of the molecule is O=C(NCC[C@H]1CCN(C(=O)Cc2nc3c([nH]2)CCCC3)C1)C1COCCO1. The molecule has 3 heterocycles. The van der Waals surface area contributed by atoms with Crippen LogP contribution in [0.2, 0.25) is 0 Å². The number of likely N-dealkylation sites (tertiary alicyclic amines) is 1. The zero-order valence-electron chi connectivity index (χ0n) is 16.4. The van der Waals surface area contributed by atoms with E-state index >= 15 is 0 Å². The van der Waals surface area contributed by atoms with Crippen LogP contribution in [0.15, 0.2) is 0 Å². The minimum absolute atomic E-state index is 0.104. The van der Waals surface area contributed by atoms with E-state index in [2.05, 4.69) is 15.3 Å². The molecule has 0 bridgehead atoms. The van der Waals surface area contributed by atoms with E-state index in [-0.39, 0.29) is 11.8 Å². The van der Waals surface area contributed by atoms with Crippen molar-refractivity contribution in [1.82, 2.24) is 20.2 Å². The molecular weight excluding hydrogens is 360 g/mol. The Kier molecular flexibility index (Phi) is 6.26. The summed E-state index contributed by atoms with van der Waals surface area (Å²) in [5.74, 6) is 1.28. The molecule has 8 heteroatoms. The van der Waals surface area contributed by atoms with Gasteiger partial charge >= 0.3 is 0 Å². The quantitative estimate of drug-likeness (QED) is 0.742. The topological polar surface area (TPSA) is 96.6 Å². The number of aromatic amines is 1. The van der Waals surface area contributed by atoms with Crippen LogP contribution in [0, 0.1) is 5.92 Å². The smallest absolute Gasteiger partial charge is 0.251 e.